The zero-order valence-electron chi connectivity index (χ0n) is 12.6. The summed E-state index contributed by atoms with van der Waals surface area (Å²) in [7, 11) is 0. The second kappa shape index (κ2) is 6.46. The van der Waals surface area contributed by atoms with Crippen LogP contribution in [-0.4, -0.2) is 36.0 Å². The lowest BCUT2D eigenvalue weighted by Crippen LogP contribution is -2.42. The minimum atomic E-state index is -0.286. The normalized spacial score (nSPS) is 24.7. The number of β-amino-alcohol motifs (C(OH)–C–C–N with tert-alkyl or cyclic N) is 1. The van der Waals surface area contributed by atoms with E-state index in [2.05, 4.69) is 24.1 Å². The average molecular weight is 278 g/mol. The Kier molecular flexibility index (Phi) is 4.89. The molecule has 20 heavy (non-hydrogen) atoms. The van der Waals surface area contributed by atoms with Gasteiger partial charge in [0.25, 0.3) is 0 Å². The number of hydrogen-bond acceptors (Lipinski definition) is 4. The predicted molar refractivity (Wildman–Crippen MR) is 82.2 cm³/mol. The number of aliphatic hydroxyl groups is 1. The van der Waals surface area contributed by atoms with Gasteiger partial charge in [-0.1, -0.05) is 19.9 Å². The number of anilines is 1. The average Bonchev–Trinajstić information content (AvgIpc) is 2.42. The Bertz CT molecular complexity index is 450. The summed E-state index contributed by atoms with van der Waals surface area (Å²) in [5, 5.41) is 23.5. The number of piperidine rings is 1. The first kappa shape index (κ1) is 15.1. The number of phenolic OH excluding ortho intramolecular Hbond substituents is 1. The molecule has 0 spiro atoms. The van der Waals surface area contributed by atoms with E-state index >= 15 is 0 Å². The molecule has 3 atom stereocenters. The molecule has 0 saturated carbocycles. The quantitative estimate of drug-likeness (QED) is 0.791. The molecule has 3 unspecified atom stereocenters. The van der Waals surface area contributed by atoms with Crippen LogP contribution in [0.1, 0.15) is 38.8 Å². The molecule has 2 rings (SSSR count). The van der Waals surface area contributed by atoms with Crippen molar-refractivity contribution in [3.05, 3.63) is 23.8 Å². The first-order valence-corrected chi connectivity index (χ1v) is 7.52. The van der Waals surface area contributed by atoms with Gasteiger partial charge < -0.3 is 20.4 Å². The van der Waals surface area contributed by atoms with Gasteiger partial charge in [-0.3, -0.25) is 0 Å². The molecule has 1 aliphatic heterocycles. The van der Waals surface area contributed by atoms with E-state index in [0.717, 1.165) is 30.8 Å². The van der Waals surface area contributed by atoms with E-state index in [9.17, 15) is 10.2 Å². The summed E-state index contributed by atoms with van der Waals surface area (Å²) in [6.45, 7) is 8.63. The molecular weight excluding hydrogens is 252 g/mol. The van der Waals surface area contributed by atoms with Crippen molar-refractivity contribution < 1.29 is 10.2 Å². The molecule has 1 saturated heterocycles. The van der Waals surface area contributed by atoms with Gasteiger partial charge in [0.1, 0.15) is 5.75 Å². The van der Waals surface area contributed by atoms with Crippen LogP contribution in [0.25, 0.3) is 0 Å². The van der Waals surface area contributed by atoms with Crippen LogP contribution in [-0.2, 0) is 0 Å². The molecule has 1 aromatic rings. The summed E-state index contributed by atoms with van der Waals surface area (Å²) in [5.74, 6) is 0.678. The van der Waals surface area contributed by atoms with Gasteiger partial charge in [0.15, 0.2) is 0 Å². The van der Waals surface area contributed by atoms with E-state index in [1.165, 1.54) is 0 Å². The maximum absolute atomic E-state index is 10.2. The van der Waals surface area contributed by atoms with E-state index in [0.29, 0.717) is 18.2 Å². The van der Waals surface area contributed by atoms with Gasteiger partial charge in [0, 0.05) is 36.4 Å². The second-order valence-electron chi connectivity index (χ2n) is 5.80. The predicted octanol–water partition coefficient (Wildman–Crippen LogP) is 2.27. The third-order valence-electron chi connectivity index (χ3n) is 4.27. The third kappa shape index (κ3) is 3.25. The van der Waals surface area contributed by atoms with Crippen LogP contribution in [0.4, 0.5) is 5.69 Å². The van der Waals surface area contributed by atoms with E-state index in [1.54, 1.807) is 0 Å². The van der Waals surface area contributed by atoms with E-state index in [1.807, 2.05) is 25.1 Å². The number of hydrogen-bond donors (Lipinski definition) is 3. The largest absolute Gasteiger partial charge is 0.508 e. The van der Waals surface area contributed by atoms with Crippen molar-refractivity contribution >= 4 is 5.69 Å². The van der Waals surface area contributed by atoms with Crippen molar-refractivity contribution in [3.63, 3.8) is 0 Å². The van der Waals surface area contributed by atoms with Crippen molar-refractivity contribution in [2.24, 2.45) is 5.92 Å². The van der Waals surface area contributed by atoms with Gasteiger partial charge in [-0.05, 0) is 31.9 Å². The maximum Gasteiger partial charge on any atom is 0.122 e. The standard InChI is InChI=1S/C16H26N2O2/c1-4-17-12(3)14-6-5-13(9-15(14)19)18-8-7-11(2)16(20)10-18/h5-6,9,11-12,16-17,19-20H,4,7-8,10H2,1-3H3. The number of nitrogens with one attached hydrogen (secondary N) is 1. The SMILES string of the molecule is CCNC(C)c1ccc(N2CCC(C)C(O)C2)cc1O. The highest BCUT2D eigenvalue weighted by molar-refractivity contribution is 5.54. The van der Waals surface area contributed by atoms with Crippen molar-refractivity contribution in [1.29, 1.82) is 0 Å². The molecule has 0 radical (unpaired) electrons. The highest BCUT2D eigenvalue weighted by atomic mass is 16.3. The van der Waals surface area contributed by atoms with Crippen LogP contribution >= 0.6 is 0 Å². The van der Waals surface area contributed by atoms with E-state index < -0.39 is 0 Å². The molecule has 1 aromatic carbocycles. The summed E-state index contributed by atoms with van der Waals surface area (Å²) in [4.78, 5) is 2.14. The van der Waals surface area contributed by atoms with Gasteiger partial charge in [-0.25, -0.2) is 0 Å². The number of nitrogens with zero attached hydrogens (tertiary/aromatic N) is 1. The molecule has 4 heteroatoms. The summed E-state index contributed by atoms with van der Waals surface area (Å²) in [6.07, 6.45) is 0.698. The fourth-order valence-corrected chi connectivity index (χ4v) is 2.79. The molecule has 3 N–H and O–H groups in total. The maximum atomic E-state index is 10.2. The molecule has 112 valence electrons. The number of phenols is 1. The highest BCUT2D eigenvalue weighted by Crippen LogP contribution is 2.31. The summed E-state index contributed by atoms with van der Waals surface area (Å²) < 4.78 is 0. The molecule has 1 aliphatic rings. The van der Waals surface area contributed by atoms with Gasteiger partial charge in [-0.2, -0.15) is 0 Å². The van der Waals surface area contributed by atoms with Gasteiger partial charge in [0.2, 0.25) is 0 Å². The monoisotopic (exact) mass is 278 g/mol. The summed E-state index contributed by atoms with van der Waals surface area (Å²) >= 11 is 0. The molecule has 0 aliphatic carbocycles. The van der Waals surface area contributed by atoms with Crippen molar-refractivity contribution in [2.75, 3.05) is 24.5 Å². The summed E-state index contributed by atoms with van der Waals surface area (Å²) in [6, 6.07) is 5.96. The molecule has 4 nitrogen and oxygen atoms in total. The fourth-order valence-electron chi connectivity index (χ4n) is 2.79. The topological polar surface area (TPSA) is 55.7 Å². The first-order chi connectivity index (χ1) is 9.52. The molecule has 0 aromatic heterocycles. The van der Waals surface area contributed by atoms with Crippen LogP contribution < -0.4 is 10.2 Å². The zero-order valence-corrected chi connectivity index (χ0v) is 12.6. The van der Waals surface area contributed by atoms with Crippen molar-refractivity contribution in [1.82, 2.24) is 5.32 Å². The highest BCUT2D eigenvalue weighted by Gasteiger charge is 2.24. The van der Waals surface area contributed by atoms with E-state index in [-0.39, 0.29) is 12.1 Å². The fraction of sp³-hybridized carbons (Fsp3) is 0.625. The minimum Gasteiger partial charge on any atom is -0.508 e. The lowest BCUT2D eigenvalue weighted by Gasteiger charge is -2.36. The zero-order chi connectivity index (χ0) is 14.7. The number of benzene rings is 1. The Balaban J connectivity index is 2.13. The van der Waals surface area contributed by atoms with Crippen LogP contribution in [0.2, 0.25) is 0 Å². The third-order valence-corrected chi connectivity index (χ3v) is 4.27. The lowest BCUT2D eigenvalue weighted by molar-refractivity contribution is 0.103. The number of aromatic hydroxyl groups is 1. The molecule has 0 bridgehead atoms. The van der Waals surface area contributed by atoms with Crippen LogP contribution in [0.3, 0.4) is 0 Å². The van der Waals surface area contributed by atoms with Crippen LogP contribution in [0, 0.1) is 5.92 Å². The van der Waals surface area contributed by atoms with Crippen molar-refractivity contribution in [2.45, 2.75) is 39.3 Å². The second-order valence-corrected chi connectivity index (χ2v) is 5.80. The van der Waals surface area contributed by atoms with Crippen molar-refractivity contribution in [3.8, 4) is 5.75 Å². The molecule has 0 amide bonds. The minimum absolute atomic E-state index is 0.140. The number of rotatable bonds is 4. The Labute approximate surface area is 121 Å². The molecular formula is C16H26N2O2. The summed E-state index contributed by atoms with van der Waals surface area (Å²) in [5.41, 5.74) is 1.91. The van der Waals surface area contributed by atoms with Gasteiger partial charge >= 0.3 is 0 Å². The molecule has 1 heterocycles. The number of aliphatic hydroxyl groups excluding tert-OH is 1. The van der Waals surface area contributed by atoms with E-state index in [4.69, 9.17) is 0 Å². The lowest BCUT2D eigenvalue weighted by atomic mass is 9.95. The first-order valence-electron chi connectivity index (χ1n) is 7.52. The van der Waals surface area contributed by atoms with Crippen LogP contribution in [0.5, 0.6) is 5.75 Å². The Morgan fingerprint density at radius 2 is 2.20 bits per heavy atom. The Morgan fingerprint density at radius 3 is 2.80 bits per heavy atom. The smallest absolute Gasteiger partial charge is 0.122 e. The van der Waals surface area contributed by atoms with Crippen LogP contribution in [0.15, 0.2) is 18.2 Å². The van der Waals surface area contributed by atoms with Gasteiger partial charge in [0.05, 0.1) is 6.10 Å². The van der Waals surface area contributed by atoms with Gasteiger partial charge in [-0.15, -0.1) is 0 Å². The Hall–Kier alpha value is -1.26. The molecule has 1 fully saturated rings. The Morgan fingerprint density at radius 1 is 1.45 bits per heavy atom.